The molecule has 0 aliphatic carbocycles. The van der Waals surface area contributed by atoms with Crippen LogP contribution in [0.25, 0.3) is 0 Å². The minimum absolute atomic E-state index is 0.549. The van der Waals surface area contributed by atoms with E-state index >= 15 is 0 Å². The van der Waals surface area contributed by atoms with Gasteiger partial charge in [-0.15, -0.1) is 0 Å². The monoisotopic (exact) mass is 372 g/mol. The van der Waals surface area contributed by atoms with Gasteiger partial charge >= 0.3 is 0 Å². The zero-order chi connectivity index (χ0) is 15.2. The third-order valence-corrected chi connectivity index (χ3v) is 4.17. The van der Waals surface area contributed by atoms with Crippen molar-refractivity contribution < 1.29 is 9.47 Å². The molecule has 1 heterocycles. The number of ether oxygens (including phenoxy) is 2. The molecule has 116 valence electrons. The maximum atomic E-state index is 5.79. The molecular weight excluding hydrogens is 352 g/mol. The first-order valence-corrected chi connectivity index (χ1v) is 8.24. The molecule has 0 saturated heterocycles. The summed E-state index contributed by atoms with van der Waals surface area (Å²) in [6.07, 6.45) is 1.70. The number of nitrogens with two attached hydrogens (primary N) is 1. The van der Waals surface area contributed by atoms with Crippen molar-refractivity contribution in [3.63, 3.8) is 0 Å². The third kappa shape index (κ3) is 4.92. The molecule has 4 nitrogen and oxygen atoms in total. The van der Waals surface area contributed by atoms with Crippen molar-refractivity contribution in [1.29, 1.82) is 0 Å². The maximum Gasteiger partial charge on any atom is 0.127 e. The zero-order valence-electron chi connectivity index (χ0n) is 12.2. The topological polar surface area (TPSA) is 47.7 Å². The summed E-state index contributed by atoms with van der Waals surface area (Å²) in [6.45, 7) is 3.95. The van der Waals surface area contributed by atoms with Gasteiger partial charge in [-0.1, -0.05) is 28.1 Å². The predicted octanol–water partition coefficient (Wildman–Crippen LogP) is 2.51. The van der Waals surface area contributed by atoms with Crippen LogP contribution < -0.4 is 10.5 Å². The fourth-order valence-corrected chi connectivity index (χ4v) is 3.11. The molecule has 0 radical (unpaired) electrons. The van der Waals surface area contributed by atoms with Crippen LogP contribution in [0.1, 0.15) is 17.5 Å². The molecule has 2 rings (SSSR count). The summed E-state index contributed by atoms with van der Waals surface area (Å²) in [6, 6.07) is 4.27. The van der Waals surface area contributed by atoms with Gasteiger partial charge in [-0.3, -0.25) is 4.90 Å². The molecular formula is C15H21BrN2O2S. The van der Waals surface area contributed by atoms with E-state index in [2.05, 4.69) is 33.0 Å². The molecule has 0 bridgehead atoms. The van der Waals surface area contributed by atoms with Gasteiger partial charge in [0.05, 0.1) is 18.2 Å². The normalized spacial score (nSPS) is 13.3. The number of benzene rings is 1. The molecule has 0 unspecified atom stereocenters. The minimum Gasteiger partial charge on any atom is -0.493 e. The van der Waals surface area contributed by atoms with Gasteiger partial charge in [0.25, 0.3) is 0 Å². The molecule has 1 aliphatic heterocycles. The van der Waals surface area contributed by atoms with E-state index in [1.54, 1.807) is 7.11 Å². The second-order valence-corrected chi connectivity index (χ2v) is 6.58. The number of hydrogen-bond acceptors (Lipinski definition) is 4. The highest BCUT2D eigenvalue weighted by Crippen LogP contribution is 2.33. The molecule has 2 N–H and O–H groups in total. The SMILES string of the molecule is COCCN(CCC(N)=S)Cc1cc(Br)cc2c1OCC2. The van der Waals surface area contributed by atoms with E-state index in [0.717, 1.165) is 49.3 Å². The Bertz CT molecular complexity index is 511. The van der Waals surface area contributed by atoms with E-state index in [4.69, 9.17) is 27.4 Å². The van der Waals surface area contributed by atoms with Crippen LogP contribution >= 0.6 is 28.1 Å². The Hall–Kier alpha value is -0.690. The minimum atomic E-state index is 0.549. The first-order chi connectivity index (χ1) is 10.1. The third-order valence-electron chi connectivity index (χ3n) is 3.51. The van der Waals surface area contributed by atoms with Crippen LogP contribution in [0.2, 0.25) is 0 Å². The largest absolute Gasteiger partial charge is 0.493 e. The van der Waals surface area contributed by atoms with Crippen molar-refractivity contribution in [3.05, 3.63) is 27.7 Å². The van der Waals surface area contributed by atoms with E-state index in [-0.39, 0.29) is 0 Å². The average Bonchev–Trinajstić information content (AvgIpc) is 2.89. The lowest BCUT2D eigenvalue weighted by Gasteiger charge is -2.23. The van der Waals surface area contributed by atoms with Gasteiger partial charge in [-0.25, -0.2) is 0 Å². The van der Waals surface area contributed by atoms with Gasteiger partial charge in [-0.05, 0) is 17.7 Å². The van der Waals surface area contributed by atoms with E-state index in [1.165, 1.54) is 11.1 Å². The molecule has 0 saturated carbocycles. The van der Waals surface area contributed by atoms with E-state index in [1.807, 2.05) is 0 Å². The fraction of sp³-hybridized carbons (Fsp3) is 0.533. The zero-order valence-corrected chi connectivity index (χ0v) is 14.6. The summed E-state index contributed by atoms with van der Waals surface area (Å²) in [5, 5.41) is 0. The van der Waals surface area contributed by atoms with Crippen LogP contribution in [0.3, 0.4) is 0 Å². The van der Waals surface area contributed by atoms with Crippen molar-refractivity contribution in [2.45, 2.75) is 19.4 Å². The first kappa shape index (κ1) is 16.7. The number of fused-ring (bicyclic) bond motifs is 1. The summed E-state index contributed by atoms with van der Waals surface area (Å²) < 4.78 is 12.1. The molecule has 1 aromatic carbocycles. The van der Waals surface area contributed by atoms with Crippen LogP contribution in [0.4, 0.5) is 0 Å². The number of nitrogens with zero attached hydrogens (tertiary/aromatic N) is 1. The number of rotatable bonds is 8. The summed E-state index contributed by atoms with van der Waals surface area (Å²) in [4.78, 5) is 2.85. The van der Waals surface area contributed by atoms with Crippen molar-refractivity contribution in [1.82, 2.24) is 4.90 Å². The molecule has 1 aromatic rings. The van der Waals surface area contributed by atoms with Gasteiger partial charge in [0, 0.05) is 49.6 Å². The van der Waals surface area contributed by atoms with Crippen LogP contribution in [-0.2, 0) is 17.7 Å². The summed E-state index contributed by atoms with van der Waals surface area (Å²) in [5.41, 5.74) is 8.10. The number of hydrogen-bond donors (Lipinski definition) is 1. The Morgan fingerprint density at radius 2 is 2.29 bits per heavy atom. The van der Waals surface area contributed by atoms with Gasteiger partial charge in [0.2, 0.25) is 0 Å². The molecule has 21 heavy (non-hydrogen) atoms. The quantitative estimate of drug-likeness (QED) is 0.710. The molecule has 0 fully saturated rings. The predicted molar refractivity (Wildman–Crippen MR) is 91.9 cm³/mol. The summed E-state index contributed by atoms with van der Waals surface area (Å²) >= 11 is 8.56. The Balaban J connectivity index is 2.10. The lowest BCUT2D eigenvalue weighted by molar-refractivity contribution is 0.145. The Labute approximate surface area is 139 Å². The maximum absolute atomic E-state index is 5.79. The van der Waals surface area contributed by atoms with Crippen molar-refractivity contribution in [3.8, 4) is 5.75 Å². The van der Waals surface area contributed by atoms with Gasteiger partial charge in [-0.2, -0.15) is 0 Å². The molecule has 0 aromatic heterocycles. The highest BCUT2D eigenvalue weighted by Gasteiger charge is 2.19. The summed E-state index contributed by atoms with van der Waals surface area (Å²) in [7, 11) is 1.71. The molecule has 0 atom stereocenters. The highest BCUT2D eigenvalue weighted by molar-refractivity contribution is 9.10. The van der Waals surface area contributed by atoms with Gasteiger partial charge < -0.3 is 15.2 Å². The van der Waals surface area contributed by atoms with Gasteiger partial charge in [0.15, 0.2) is 0 Å². The standard InChI is InChI=1S/C15H21BrN2O2S/c1-19-7-5-18(4-2-14(17)21)10-12-9-13(16)8-11-3-6-20-15(11)12/h8-9H,2-7,10H2,1H3,(H2,17,21). The van der Waals surface area contributed by atoms with E-state index in [9.17, 15) is 0 Å². The molecule has 1 aliphatic rings. The number of halogens is 1. The number of thiocarbonyl (C=S) groups is 1. The molecule has 6 heteroatoms. The van der Waals surface area contributed by atoms with Crippen LogP contribution in [0.5, 0.6) is 5.75 Å². The first-order valence-electron chi connectivity index (χ1n) is 7.04. The van der Waals surface area contributed by atoms with E-state index in [0.29, 0.717) is 11.6 Å². The second-order valence-electron chi connectivity index (χ2n) is 5.14. The Kier molecular flexibility index (Phi) is 6.41. The van der Waals surface area contributed by atoms with Crippen LogP contribution in [-0.4, -0.2) is 43.3 Å². The van der Waals surface area contributed by atoms with Crippen molar-refractivity contribution in [2.75, 3.05) is 33.4 Å². The molecule has 0 spiro atoms. The smallest absolute Gasteiger partial charge is 0.127 e. The molecule has 0 amide bonds. The average molecular weight is 373 g/mol. The van der Waals surface area contributed by atoms with Crippen LogP contribution in [0.15, 0.2) is 16.6 Å². The lowest BCUT2D eigenvalue weighted by atomic mass is 10.1. The van der Waals surface area contributed by atoms with Crippen LogP contribution in [0, 0.1) is 0 Å². The van der Waals surface area contributed by atoms with Crippen molar-refractivity contribution in [2.24, 2.45) is 5.73 Å². The van der Waals surface area contributed by atoms with Gasteiger partial charge in [0.1, 0.15) is 5.75 Å². The Morgan fingerprint density at radius 3 is 3.00 bits per heavy atom. The van der Waals surface area contributed by atoms with Crippen molar-refractivity contribution >= 4 is 33.1 Å². The second kappa shape index (κ2) is 8.08. The Morgan fingerprint density at radius 1 is 1.48 bits per heavy atom. The fourth-order valence-electron chi connectivity index (χ4n) is 2.46. The lowest BCUT2D eigenvalue weighted by Crippen LogP contribution is -2.30. The number of methoxy groups -OCH3 is 1. The summed E-state index contributed by atoms with van der Waals surface area (Å²) in [5.74, 6) is 1.04. The van der Waals surface area contributed by atoms with E-state index < -0.39 is 0 Å². The highest BCUT2D eigenvalue weighted by atomic mass is 79.9.